The van der Waals surface area contributed by atoms with Crippen LogP contribution in [-0.2, 0) is 11.3 Å². The summed E-state index contributed by atoms with van der Waals surface area (Å²) in [7, 11) is 0. The van der Waals surface area contributed by atoms with Crippen molar-refractivity contribution in [3.05, 3.63) is 80.9 Å². The van der Waals surface area contributed by atoms with Gasteiger partial charge in [-0.3, -0.25) is 9.59 Å². The predicted molar refractivity (Wildman–Crippen MR) is 115 cm³/mol. The summed E-state index contributed by atoms with van der Waals surface area (Å²) in [4.78, 5) is 24.3. The molecule has 2 amide bonds. The van der Waals surface area contributed by atoms with E-state index in [-0.39, 0.29) is 24.8 Å². The second-order valence-corrected chi connectivity index (χ2v) is 7.37. The Morgan fingerprint density at radius 2 is 1.76 bits per heavy atom. The Balaban J connectivity index is 1.52. The van der Waals surface area contributed by atoms with E-state index in [0.717, 1.165) is 5.56 Å². The quantitative estimate of drug-likeness (QED) is 0.549. The lowest BCUT2D eigenvalue weighted by Gasteiger charge is -2.11. The lowest BCUT2D eigenvalue weighted by molar-refractivity contribution is -0.116. The van der Waals surface area contributed by atoms with Crippen LogP contribution in [0.3, 0.4) is 0 Å². The summed E-state index contributed by atoms with van der Waals surface area (Å²) in [6, 6.07) is 13.5. The number of hydrogen-bond donors (Lipinski definition) is 2. The van der Waals surface area contributed by atoms with Crippen molar-refractivity contribution < 1.29 is 9.59 Å². The normalized spacial score (nSPS) is 10.6. The van der Waals surface area contributed by atoms with Crippen LogP contribution in [0.1, 0.15) is 22.3 Å². The van der Waals surface area contributed by atoms with E-state index in [1.54, 1.807) is 53.3 Å². The maximum atomic E-state index is 12.2. The van der Waals surface area contributed by atoms with Crippen LogP contribution in [0.15, 0.2) is 54.7 Å². The average molecular weight is 452 g/mol. The fraction of sp³-hybridized carbons (Fsp3) is 0.150. The Labute approximate surface area is 182 Å². The topological polar surface area (TPSA) is 76.0 Å². The molecule has 0 unspecified atom stereocenters. The van der Waals surface area contributed by atoms with Crippen molar-refractivity contribution in [3.63, 3.8) is 0 Å². The van der Waals surface area contributed by atoms with Crippen molar-refractivity contribution in [2.45, 2.75) is 13.0 Å². The van der Waals surface area contributed by atoms with Gasteiger partial charge < -0.3 is 10.6 Å². The van der Waals surface area contributed by atoms with Gasteiger partial charge in [0.2, 0.25) is 5.91 Å². The van der Waals surface area contributed by atoms with E-state index in [4.69, 9.17) is 34.8 Å². The molecule has 150 valence electrons. The minimum atomic E-state index is -0.268. The largest absolute Gasteiger partial charge is 0.352 e. The Kier molecular flexibility index (Phi) is 7.14. The molecule has 9 heteroatoms. The smallest absolute Gasteiger partial charge is 0.251 e. The molecule has 0 saturated carbocycles. The SMILES string of the molecule is O=C(CCNC(=O)c1ccc(Cl)cc1)Nc1ccnn1Cc1cccc(Cl)c1Cl. The van der Waals surface area contributed by atoms with Gasteiger partial charge in [0.15, 0.2) is 0 Å². The summed E-state index contributed by atoms with van der Waals surface area (Å²) >= 11 is 18.1. The molecule has 0 atom stereocenters. The molecule has 0 spiro atoms. The average Bonchev–Trinajstić information content (AvgIpc) is 3.12. The zero-order valence-electron chi connectivity index (χ0n) is 15.2. The van der Waals surface area contributed by atoms with Crippen LogP contribution >= 0.6 is 34.8 Å². The number of carbonyl (C=O) groups excluding carboxylic acids is 2. The van der Waals surface area contributed by atoms with E-state index in [9.17, 15) is 9.59 Å². The number of nitrogens with one attached hydrogen (secondary N) is 2. The van der Waals surface area contributed by atoms with Crippen LogP contribution in [0.4, 0.5) is 5.82 Å². The van der Waals surface area contributed by atoms with Crippen LogP contribution in [0.2, 0.25) is 15.1 Å². The van der Waals surface area contributed by atoms with E-state index >= 15 is 0 Å². The third-order valence-corrected chi connectivity index (χ3v) is 5.19. The van der Waals surface area contributed by atoms with Gasteiger partial charge in [0, 0.05) is 29.6 Å². The molecule has 0 bridgehead atoms. The molecular weight excluding hydrogens is 435 g/mol. The van der Waals surface area contributed by atoms with Gasteiger partial charge in [0.05, 0.1) is 22.8 Å². The second-order valence-electron chi connectivity index (χ2n) is 6.15. The highest BCUT2D eigenvalue weighted by Crippen LogP contribution is 2.26. The second kappa shape index (κ2) is 9.78. The van der Waals surface area contributed by atoms with Crippen molar-refractivity contribution >= 4 is 52.4 Å². The molecule has 2 aromatic carbocycles. The first-order chi connectivity index (χ1) is 13.9. The fourth-order valence-corrected chi connectivity index (χ4v) is 3.10. The summed E-state index contributed by atoms with van der Waals surface area (Å²) in [6.07, 6.45) is 1.69. The van der Waals surface area contributed by atoms with Gasteiger partial charge in [-0.15, -0.1) is 0 Å². The molecular formula is C20H17Cl3N4O2. The monoisotopic (exact) mass is 450 g/mol. The number of anilines is 1. The Morgan fingerprint density at radius 1 is 1.00 bits per heavy atom. The van der Waals surface area contributed by atoms with Gasteiger partial charge >= 0.3 is 0 Å². The number of hydrogen-bond acceptors (Lipinski definition) is 3. The molecule has 3 rings (SSSR count). The lowest BCUT2D eigenvalue weighted by Crippen LogP contribution is -2.28. The molecule has 0 aliphatic rings. The van der Waals surface area contributed by atoms with Crippen LogP contribution in [0, 0.1) is 0 Å². The maximum Gasteiger partial charge on any atom is 0.251 e. The van der Waals surface area contributed by atoms with Crippen LogP contribution < -0.4 is 10.6 Å². The molecule has 1 heterocycles. The number of carbonyl (C=O) groups is 2. The first kappa shape index (κ1) is 21.2. The van der Waals surface area contributed by atoms with Crippen molar-refractivity contribution in [2.24, 2.45) is 0 Å². The zero-order chi connectivity index (χ0) is 20.8. The highest BCUT2D eigenvalue weighted by molar-refractivity contribution is 6.42. The van der Waals surface area contributed by atoms with Crippen molar-refractivity contribution in [2.75, 3.05) is 11.9 Å². The summed E-state index contributed by atoms with van der Waals surface area (Å²) in [5, 5.41) is 11.2. The van der Waals surface area contributed by atoms with Crippen LogP contribution in [0.5, 0.6) is 0 Å². The molecule has 0 radical (unpaired) electrons. The van der Waals surface area contributed by atoms with E-state index in [2.05, 4.69) is 15.7 Å². The first-order valence-corrected chi connectivity index (χ1v) is 9.86. The number of nitrogens with zero attached hydrogens (tertiary/aromatic N) is 2. The van der Waals surface area contributed by atoms with Gasteiger partial charge in [-0.25, -0.2) is 4.68 Å². The lowest BCUT2D eigenvalue weighted by atomic mass is 10.2. The third kappa shape index (κ3) is 5.73. The van der Waals surface area contributed by atoms with Crippen molar-refractivity contribution in [3.8, 4) is 0 Å². The number of amides is 2. The summed E-state index contributed by atoms with van der Waals surface area (Å²) in [5.74, 6) is 0.00511. The molecule has 0 aliphatic carbocycles. The Bertz CT molecular complexity index is 1020. The molecule has 0 fully saturated rings. The minimum absolute atomic E-state index is 0.114. The molecule has 29 heavy (non-hydrogen) atoms. The predicted octanol–water partition coefficient (Wildman–Crippen LogP) is 4.65. The molecule has 0 aliphatic heterocycles. The zero-order valence-corrected chi connectivity index (χ0v) is 17.4. The molecule has 3 aromatic rings. The van der Waals surface area contributed by atoms with Gasteiger partial charge in [-0.1, -0.05) is 46.9 Å². The molecule has 2 N–H and O–H groups in total. The highest BCUT2D eigenvalue weighted by Gasteiger charge is 2.11. The van der Waals surface area contributed by atoms with Gasteiger partial charge in [0.1, 0.15) is 5.82 Å². The summed E-state index contributed by atoms with van der Waals surface area (Å²) in [5.41, 5.74) is 1.26. The van der Waals surface area contributed by atoms with Crippen molar-refractivity contribution in [1.29, 1.82) is 0 Å². The molecule has 0 saturated heterocycles. The van der Waals surface area contributed by atoms with Crippen molar-refractivity contribution in [1.82, 2.24) is 15.1 Å². The van der Waals surface area contributed by atoms with Gasteiger partial charge in [-0.2, -0.15) is 5.10 Å². The highest BCUT2D eigenvalue weighted by atomic mass is 35.5. The van der Waals surface area contributed by atoms with E-state index in [1.807, 2.05) is 6.07 Å². The molecule has 1 aromatic heterocycles. The number of benzene rings is 2. The number of rotatable bonds is 7. The fourth-order valence-electron chi connectivity index (χ4n) is 2.59. The Hall–Kier alpha value is -2.54. The molecule has 6 nitrogen and oxygen atoms in total. The number of aromatic nitrogens is 2. The van der Waals surface area contributed by atoms with E-state index < -0.39 is 0 Å². The van der Waals surface area contributed by atoms with E-state index in [1.165, 1.54) is 0 Å². The Morgan fingerprint density at radius 3 is 2.52 bits per heavy atom. The summed E-state index contributed by atoms with van der Waals surface area (Å²) < 4.78 is 1.61. The van der Waals surface area contributed by atoms with Gasteiger partial charge in [-0.05, 0) is 35.9 Å². The van der Waals surface area contributed by atoms with Crippen LogP contribution in [0.25, 0.3) is 0 Å². The first-order valence-electron chi connectivity index (χ1n) is 8.72. The number of halogens is 3. The third-order valence-electron chi connectivity index (χ3n) is 4.08. The minimum Gasteiger partial charge on any atom is -0.352 e. The van der Waals surface area contributed by atoms with Crippen LogP contribution in [-0.4, -0.2) is 28.1 Å². The maximum absolute atomic E-state index is 12.2. The van der Waals surface area contributed by atoms with E-state index in [0.29, 0.717) is 33.0 Å². The summed E-state index contributed by atoms with van der Waals surface area (Å²) in [6.45, 7) is 0.552. The standard InChI is InChI=1S/C20H17Cl3N4O2/c21-15-6-4-13(5-7-15)20(29)24-10-9-18(28)26-17-8-11-25-27(17)12-14-2-1-3-16(22)19(14)23/h1-8,11H,9-10,12H2,(H,24,29)(H,26,28). The van der Waals surface area contributed by atoms with Gasteiger partial charge in [0.25, 0.3) is 5.91 Å².